The molecule has 0 saturated carbocycles. The molecule has 0 N–H and O–H groups in total. The number of aryl methyl sites for hydroxylation is 1. The first-order chi connectivity index (χ1) is 11.5. The molecule has 1 unspecified atom stereocenters. The summed E-state index contributed by atoms with van der Waals surface area (Å²) < 4.78 is 0. The fraction of sp³-hybridized carbons (Fsp3) is 0.522. The first-order valence-electron chi connectivity index (χ1n) is 9.36. The summed E-state index contributed by atoms with van der Waals surface area (Å²) in [6, 6.07) is 6.87. The van der Waals surface area contributed by atoms with E-state index in [9.17, 15) is 5.26 Å². The van der Waals surface area contributed by atoms with Gasteiger partial charge in [0.05, 0.1) is 11.6 Å². The second-order valence-corrected chi connectivity index (χ2v) is 7.77. The van der Waals surface area contributed by atoms with Gasteiger partial charge in [0, 0.05) is 0 Å². The minimum Gasteiger partial charge on any atom is -0.192 e. The molecule has 0 heterocycles. The number of nitrogens with zero attached hydrogens (tertiary/aromatic N) is 1. The third-order valence-electron chi connectivity index (χ3n) is 5.03. The van der Waals surface area contributed by atoms with E-state index in [1.165, 1.54) is 36.0 Å². The average molecular weight is 322 g/mol. The number of fused-ring (bicyclic) bond motifs is 1. The van der Waals surface area contributed by atoms with Crippen molar-refractivity contribution in [2.24, 2.45) is 5.41 Å². The van der Waals surface area contributed by atoms with Crippen LogP contribution in [0.1, 0.15) is 82.1 Å². The molecule has 24 heavy (non-hydrogen) atoms. The summed E-state index contributed by atoms with van der Waals surface area (Å²) >= 11 is 0. The molecule has 1 aliphatic rings. The van der Waals surface area contributed by atoms with E-state index < -0.39 is 0 Å². The fourth-order valence-corrected chi connectivity index (χ4v) is 3.58. The van der Waals surface area contributed by atoms with Gasteiger partial charge in [0.25, 0.3) is 0 Å². The Morgan fingerprint density at radius 1 is 1.29 bits per heavy atom. The van der Waals surface area contributed by atoms with Gasteiger partial charge in [0.1, 0.15) is 0 Å². The molecule has 1 nitrogen and oxygen atoms in total. The third-order valence-corrected chi connectivity index (χ3v) is 5.03. The zero-order valence-corrected chi connectivity index (χ0v) is 15.8. The Hall–Kier alpha value is -1.81. The van der Waals surface area contributed by atoms with Crippen molar-refractivity contribution in [2.45, 2.75) is 72.6 Å². The Balaban J connectivity index is 2.21. The summed E-state index contributed by atoms with van der Waals surface area (Å²) in [4.78, 5) is 0. The van der Waals surface area contributed by atoms with E-state index in [1.807, 2.05) is 0 Å². The van der Waals surface area contributed by atoms with E-state index in [4.69, 9.17) is 0 Å². The largest absolute Gasteiger partial charge is 0.192 e. The van der Waals surface area contributed by atoms with Crippen LogP contribution in [0.3, 0.4) is 0 Å². The molecule has 1 aromatic rings. The molecule has 0 amide bonds. The van der Waals surface area contributed by atoms with Crippen LogP contribution in [-0.2, 0) is 12.8 Å². The lowest BCUT2D eigenvalue weighted by Crippen LogP contribution is -2.20. The van der Waals surface area contributed by atoms with Gasteiger partial charge in [-0.25, -0.2) is 0 Å². The van der Waals surface area contributed by atoms with E-state index in [2.05, 4.69) is 64.1 Å². The van der Waals surface area contributed by atoms with Crippen molar-refractivity contribution in [3.8, 4) is 6.07 Å². The lowest BCUT2D eigenvalue weighted by molar-refractivity contribution is 0.390. The molecule has 0 aromatic heterocycles. The van der Waals surface area contributed by atoms with E-state index in [0.717, 1.165) is 36.8 Å². The van der Waals surface area contributed by atoms with Crippen LogP contribution in [0.5, 0.6) is 0 Å². The highest BCUT2D eigenvalue weighted by Crippen LogP contribution is 2.38. The quantitative estimate of drug-likeness (QED) is 0.409. The van der Waals surface area contributed by atoms with Crippen molar-refractivity contribution in [3.63, 3.8) is 0 Å². The smallest absolute Gasteiger partial charge is 0.0998 e. The lowest BCUT2D eigenvalue weighted by Gasteiger charge is -2.31. The first-order valence-corrected chi connectivity index (χ1v) is 9.36. The molecule has 0 fully saturated rings. The van der Waals surface area contributed by atoms with E-state index >= 15 is 0 Å². The molecule has 0 aliphatic heterocycles. The molecule has 1 atom stereocenters. The maximum atomic E-state index is 9.53. The van der Waals surface area contributed by atoms with Crippen molar-refractivity contribution in [2.75, 3.05) is 0 Å². The summed E-state index contributed by atoms with van der Waals surface area (Å²) in [7, 11) is 0. The molecular formula is C23H31N. The van der Waals surface area contributed by atoms with Gasteiger partial charge < -0.3 is 0 Å². The SMILES string of the molecule is CCCCCc1cc(C#N)c2c(c1)CC(C)(CCC=C(C)C)C=C2. The van der Waals surface area contributed by atoms with Crippen LogP contribution in [0.4, 0.5) is 0 Å². The number of rotatable bonds is 7. The minimum atomic E-state index is 0.202. The first kappa shape index (κ1) is 18.5. The van der Waals surface area contributed by atoms with Gasteiger partial charge in [-0.15, -0.1) is 0 Å². The molecule has 1 heteroatoms. The third kappa shape index (κ3) is 4.84. The maximum absolute atomic E-state index is 9.53. The predicted octanol–water partition coefficient (Wildman–Crippen LogP) is 6.61. The van der Waals surface area contributed by atoms with Gasteiger partial charge in [0.15, 0.2) is 0 Å². The second-order valence-electron chi connectivity index (χ2n) is 7.77. The Kier molecular flexibility index (Phi) is 6.44. The highest BCUT2D eigenvalue weighted by molar-refractivity contribution is 5.65. The van der Waals surface area contributed by atoms with Gasteiger partial charge in [0.2, 0.25) is 0 Å². The van der Waals surface area contributed by atoms with Crippen LogP contribution in [0, 0.1) is 16.7 Å². The molecule has 1 aromatic carbocycles. The van der Waals surface area contributed by atoms with Crippen LogP contribution in [0.25, 0.3) is 6.08 Å². The summed E-state index contributed by atoms with van der Waals surface area (Å²) in [5.74, 6) is 0. The Labute approximate surface area is 148 Å². The average Bonchev–Trinajstić information content (AvgIpc) is 2.53. The minimum absolute atomic E-state index is 0.202. The van der Waals surface area contributed by atoms with Gasteiger partial charge in [-0.2, -0.15) is 5.26 Å². The van der Waals surface area contributed by atoms with Crippen LogP contribution in [-0.4, -0.2) is 0 Å². The second kappa shape index (κ2) is 8.34. The van der Waals surface area contributed by atoms with Crippen molar-refractivity contribution >= 4 is 6.08 Å². The van der Waals surface area contributed by atoms with Gasteiger partial charge in [-0.1, -0.05) is 56.6 Å². The Morgan fingerprint density at radius 2 is 2.08 bits per heavy atom. The molecule has 1 aliphatic carbocycles. The molecule has 0 saturated heterocycles. The van der Waals surface area contributed by atoms with Gasteiger partial charge in [-0.05, 0) is 74.1 Å². The Morgan fingerprint density at radius 3 is 2.75 bits per heavy atom. The number of nitriles is 1. The molecule has 2 rings (SSSR count). The van der Waals surface area contributed by atoms with E-state index in [0.29, 0.717) is 0 Å². The maximum Gasteiger partial charge on any atom is 0.0998 e. The molecule has 0 spiro atoms. The molecule has 0 radical (unpaired) electrons. The van der Waals surface area contributed by atoms with Crippen LogP contribution in [0.2, 0.25) is 0 Å². The number of allylic oxidation sites excluding steroid dienone is 3. The zero-order chi connectivity index (χ0) is 17.6. The number of unbranched alkanes of at least 4 members (excludes halogenated alkanes) is 2. The monoisotopic (exact) mass is 321 g/mol. The van der Waals surface area contributed by atoms with E-state index in [1.54, 1.807) is 0 Å². The van der Waals surface area contributed by atoms with Crippen LogP contribution < -0.4 is 0 Å². The van der Waals surface area contributed by atoms with Crippen molar-refractivity contribution in [1.29, 1.82) is 5.26 Å². The Bertz CT molecular complexity index is 668. The van der Waals surface area contributed by atoms with Crippen LogP contribution in [0.15, 0.2) is 29.9 Å². The summed E-state index contributed by atoms with van der Waals surface area (Å²) in [6.45, 7) is 8.91. The number of benzene rings is 1. The topological polar surface area (TPSA) is 23.8 Å². The normalized spacial score (nSPS) is 18.8. The van der Waals surface area contributed by atoms with E-state index in [-0.39, 0.29) is 5.41 Å². The predicted molar refractivity (Wildman–Crippen MR) is 104 cm³/mol. The standard InChI is InChI=1S/C23H31N/c1-5-6-7-10-19-14-20-16-23(4,12-8-9-18(2)3)13-11-22(20)21(15-19)17-24/h9,11,13-15H,5-8,10,12,16H2,1-4H3. The lowest BCUT2D eigenvalue weighted by atomic mass is 9.73. The van der Waals surface area contributed by atoms with Gasteiger partial charge >= 0.3 is 0 Å². The highest BCUT2D eigenvalue weighted by atomic mass is 14.3. The van der Waals surface area contributed by atoms with Crippen molar-refractivity contribution in [3.05, 3.63) is 52.1 Å². The highest BCUT2D eigenvalue weighted by Gasteiger charge is 2.26. The summed E-state index contributed by atoms with van der Waals surface area (Å²) in [5.41, 5.74) is 6.29. The number of hydrogen-bond acceptors (Lipinski definition) is 1. The summed E-state index contributed by atoms with van der Waals surface area (Å²) in [6.07, 6.45) is 15.0. The molecule has 0 bridgehead atoms. The van der Waals surface area contributed by atoms with Gasteiger partial charge in [-0.3, -0.25) is 0 Å². The van der Waals surface area contributed by atoms with Crippen molar-refractivity contribution < 1.29 is 0 Å². The molecular weight excluding hydrogens is 290 g/mol. The molecule has 128 valence electrons. The van der Waals surface area contributed by atoms with Crippen molar-refractivity contribution in [1.82, 2.24) is 0 Å². The fourth-order valence-electron chi connectivity index (χ4n) is 3.58. The summed E-state index contributed by atoms with van der Waals surface area (Å²) in [5, 5.41) is 9.53. The number of hydrogen-bond donors (Lipinski definition) is 0. The van der Waals surface area contributed by atoms with Crippen LogP contribution >= 0.6 is 0 Å². The zero-order valence-electron chi connectivity index (χ0n) is 15.8.